The molecule has 0 spiro atoms. The fraction of sp³-hybridized carbons (Fsp3) is 0.300. The van der Waals surface area contributed by atoms with Crippen LogP contribution in [0.4, 0.5) is 5.69 Å². The van der Waals surface area contributed by atoms with Crippen LogP contribution in [0.5, 0.6) is 0 Å². The highest BCUT2D eigenvalue weighted by Crippen LogP contribution is 2.24. The number of para-hydroxylation sites is 2. The Hall–Kier alpha value is -2.66. The van der Waals surface area contributed by atoms with Gasteiger partial charge in [0, 0.05) is 18.3 Å². The SMILES string of the molecule is Cn1c(-c2ccc(NC(=O)C3CCCCN3)cc2)nc2ccccc21. The zero-order chi connectivity index (χ0) is 17.2. The third kappa shape index (κ3) is 3.15. The van der Waals surface area contributed by atoms with Gasteiger partial charge in [-0.2, -0.15) is 0 Å². The molecule has 3 aromatic rings. The van der Waals surface area contributed by atoms with E-state index in [-0.39, 0.29) is 11.9 Å². The summed E-state index contributed by atoms with van der Waals surface area (Å²) in [7, 11) is 2.02. The quantitative estimate of drug-likeness (QED) is 0.772. The molecule has 0 bridgehead atoms. The number of carbonyl (C=O) groups excluding carboxylic acids is 1. The summed E-state index contributed by atoms with van der Waals surface area (Å²) in [6, 6.07) is 15.9. The maximum Gasteiger partial charge on any atom is 0.241 e. The summed E-state index contributed by atoms with van der Waals surface area (Å²) in [5, 5.41) is 6.28. The van der Waals surface area contributed by atoms with Crippen LogP contribution < -0.4 is 10.6 Å². The number of hydrogen-bond acceptors (Lipinski definition) is 3. The van der Waals surface area contributed by atoms with E-state index >= 15 is 0 Å². The lowest BCUT2D eigenvalue weighted by molar-refractivity contribution is -0.118. The lowest BCUT2D eigenvalue weighted by atomic mass is 10.0. The molecular formula is C20H22N4O. The monoisotopic (exact) mass is 334 g/mol. The number of hydrogen-bond donors (Lipinski definition) is 2. The minimum atomic E-state index is -0.0757. The Kier molecular flexibility index (Phi) is 4.24. The number of fused-ring (bicyclic) bond motifs is 1. The zero-order valence-electron chi connectivity index (χ0n) is 14.3. The van der Waals surface area contributed by atoms with Crippen molar-refractivity contribution in [2.45, 2.75) is 25.3 Å². The van der Waals surface area contributed by atoms with Gasteiger partial charge in [-0.15, -0.1) is 0 Å². The fourth-order valence-electron chi connectivity index (χ4n) is 3.41. The van der Waals surface area contributed by atoms with E-state index in [0.717, 1.165) is 53.9 Å². The number of amides is 1. The summed E-state index contributed by atoms with van der Waals surface area (Å²) in [6.45, 7) is 0.920. The molecule has 1 atom stereocenters. The second-order valence-corrected chi connectivity index (χ2v) is 6.55. The molecule has 2 N–H and O–H groups in total. The van der Waals surface area contributed by atoms with Crippen molar-refractivity contribution in [2.24, 2.45) is 7.05 Å². The predicted octanol–water partition coefficient (Wildman–Crippen LogP) is 3.32. The highest BCUT2D eigenvalue weighted by atomic mass is 16.2. The average Bonchev–Trinajstić information content (AvgIpc) is 3.00. The van der Waals surface area contributed by atoms with Crippen molar-refractivity contribution in [3.05, 3.63) is 48.5 Å². The fourth-order valence-corrected chi connectivity index (χ4v) is 3.41. The van der Waals surface area contributed by atoms with E-state index in [4.69, 9.17) is 4.98 Å². The lowest BCUT2D eigenvalue weighted by Gasteiger charge is -2.22. The largest absolute Gasteiger partial charge is 0.327 e. The van der Waals surface area contributed by atoms with Crippen LogP contribution in [0.2, 0.25) is 0 Å². The third-order valence-corrected chi connectivity index (χ3v) is 4.82. The Morgan fingerprint density at radius 1 is 1.16 bits per heavy atom. The number of aryl methyl sites for hydroxylation is 1. The van der Waals surface area contributed by atoms with Gasteiger partial charge in [0.25, 0.3) is 0 Å². The van der Waals surface area contributed by atoms with Crippen molar-refractivity contribution in [3.8, 4) is 11.4 Å². The second-order valence-electron chi connectivity index (χ2n) is 6.55. The summed E-state index contributed by atoms with van der Waals surface area (Å²) in [5.74, 6) is 0.975. The summed E-state index contributed by atoms with van der Waals surface area (Å²) in [4.78, 5) is 17.0. The van der Waals surface area contributed by atoms with Crippen LogP contribution in [0, 0.1) is 0 Å². The van der Waals surface area contributed by atoms with Crippen molar-refractivity contribution in [2.75, 3.05) is 11.9 Å². The molecule has 1 unspecified atom stereocenters. The molecule has 5 heteroatoms. The second kappa shape index (κ2) is 6.69. The van der Waals surface area contributed by atoms with Gasteiger partial charge in [0.05, 0.1) is 17.1 Å². The van der Waals surface area contributed by atoms with Crippen LogP contribution in [0.3, 0.4) is 0 Å². The van der Waals surface area contributed by atoms with E-state index in [0.29, 0.717) is 0 Å². The predicted molar refractivity (Wildman–Crippen MR) is 100 cm³/mol. The number of anilines is 1. The standard InChI is InChI=1S/C20H22N4O/c1-24-18-8-3-2-6-16(18)23-19(24)14-9-11-15(12-10-14)22-20(25)17-7-4-5-13-21-17/h2-3,6,8-12,17,21H,4-5,7,13H2,1H3,(H,22,25). The molecule has 1 aliphatic rings. The van der Waals surface area contributed by atoms with Crippen molar-refractivity contribution >= 4 is 22.6 Å². The number of aromatic nitrogens is 2. The Bertz CT molecular complexity index is 892. The van der Waals surface area contributed by atoms with Crippen LogP contribution in [-0.4, -0.2) is 28.0 Å². The van der Waals surface area contributed by atoms with E-state index in [1.54, 1.807) is 0 Å². The van der Waals surface area contributed by atoms with Crippen molar-refractivity contribution in [1.29, 1.82) is 0 Å². The highest BCUT2D eigenvalue weighted by molar-refractivity contribution is 5.95. The molecule has 2 heterocycles. The number of nitrogens with zero attached hydrogens (tertiary/aromatic N) is 2. The van der Waals surface area contributed by atoms with Gasteiger partial charge in [-0.05, 0) is 55.8 Å². The van der Waals surface area contributed by atoms with Gasteiger partial charge in [0.15, 0.2) is 0 Å². The summed E-state index contributed by atoms with van der Waals surface area (Å²) in [5.41, 5.74) is 3.95. The molecule has 0 radical (unpaired) electrons. The number of piperidine rings is 1. The smallest absolute Gasteiger partial charge is 0.241 e. The molecule has 1 amide bonds. The molecule has 2 aromatic carbocycles. The molecule has 25 heavy (non-hydrogen) atoms. The summed E-state index contributed by atoms with van der Waals surface area (Å²) >= 11 is 0. The van der Waals surface area contributed by atoms with Gasteiger partial charge in [-0.25, -0.2) is 4.98 Å². The number of carbonyl (C=O) groups is 1. The minimum absolute atomic E-state index is 0.0511. The first-order valence-corrected chi connectivity index (χ1v) is 8.78. The Morgan fingerprint density at radius 3 is 2.68 bits per heavy atom. The third-order valence-electron chi connectivity index (χ3n) is 4.82. The van der Waals surface area contributed by atoms with Crippen LogP contribution in [0.1, 0.15) is 19.3 Å². The minimum Gasteiger partial charge on any atom is -0.327 e. The maximum absolute atomic E-state index is 12.3. The van der Waals surface area contributed by atoms with Gasteiger partial charge in [-0.1, -0.05) is 18.6 Å². The van der Waals surface area contributed by atoms with Crippen LogP contribution >= 0.6 is 0 Å². The lowest BCUT2D eigenvalue weighted by Crippen LogP contribution is -2.43. The van der Waals surface area contributed by atoms with Crippen LogP contribution in [-0.2, 0) is 11.8 Å². The Balaban J connectivity index is 1.53. The van der Waals surface area contributed by atoms with Gasteiger partial charge in [0.1, 0.15) is 5.82 Å². The molecule has 1 fully saturated rings. The highest BCUT2D eigenvalue weighted by Gasteiger charge is 2.20. The number of rotatable bonds is 3. The van der Waals surface area contributed by atoms with E-state index in [1.165, 1.54) is 0 Å². The van der Waals surface area contributed by atoms with Crippen molar-refractivity contribution in [1.82, 2.24) is 14.9 Å². The first-order valence-electron chi connectivity index (χ1n) is 8.78. The Morgan fingerprint density at radius 2 is 1.96 bits per heavy atom. The zero-order valence-corrected chi connectivity index (χ0v) is 14.3. The molecule has 0 saturated carbocycles. The topological polar surface area (TPSA) is 59.0 Å². The first kappa shape index (κ1) is 15.8. The molecule has 1 aromatic heterocycles. The molecule has 128 valence electrons. The normalized spacial score (nSPS) is 17.6. The maximum atomic E-state index is 12.3. The molecule has 5 nitrogen and oxygen atoms in total. The number of benzene rings is 2. The molecule has 1 saturated heterocycles. The van der Waals surface area contributed by atoms with Gasteiger partial charge >= 0.3 is 0 Å². The van der Waals surface area contributed by atoms with Crippen molar-refractivity contribution < 1.29 is 4.79 Å². The van der Waals surface area contributed by atoms with Gasteiger partial charge in [0.2, 0.25) is 5.91 Å². The van der Waals surface area contributed by atoms with Gasteiger partial charge in [-0.3, -0.25) is 4.79 Å². The summed E-state index contributed by atoms with van der Waals surface area (Å²) in [6.07, 6.45) is 3.16. The molecular weight excluding hydrogens is 312 g/mol. The molecule has 4 rings (SSSR count). The number of nitrogens with one attached hydrogen (secondary N) is 2. The summed E-state index contributed by atoms with van der Waals surface area (Å²) < 4.78 is 2.09. The van der Waals surface area contributed by atoms with E-state index < -0.39 is 0 Å². The average molecular weight is 334 g/mol. The first-order chi connectivity index (χ1) is 12.2. The number of imidazole rings is 1. The van der Waals surface area contributed by atoms with Gasteiger partial charge < -0.3 is 15.2 Å². The van der Waals surface area contributed by atoms with E-state index in [2.05, 4.69) is 21.3 Å². The van der Waals surface area contributed by atoms with E-state index in [1.807, 2.05) is 49.5 Å². The molecule has 0 aliphatic carbocycles. The Labute approximate surface area is 147 Å². The van der Waals surface area contributed by atoms with Crippen LogP contribution in [0.15, 0.2) is 48.5 Å². The van der Waals surface area contributed by atoms with Crippen LogP contribution in [0.25, 0.3) is 22.4 Å². The molecule has 1 aliphatic heterocycles. The van der Waals surface area contributed by atoms with E-state index in [9.17, 15) is 4.79 Å². The van der Waals surface area contributed by atoms with Crippen molar-refractivity contribution in [3.63, 3.8) is 0 Å².